The summed E-state index contributed by atoms with van der Waals surface area (Å²) in [5.41, 5.74) is 0.262. The highest BCUT2D eigenvalue weighted by atomic mass is 16.6. The van der Waals surface area contributed by atoms with Crippen molar-refractivity contribution in [2.75, 3.05) is 13.1 Å². The van der Waals surface area contributed by atoms with E-state index < -0.39 is 34.9 Å². The van der Waals surface area contributed by atoms with Gasteiger partial charge in [-0.15, -0.1) is 0 Å². The normalized spacial score (nSPS) is 20.4. The SMILES string of the molecule is C[C@H](NC(=O)[C@@]1(c2ccccc2)CC[C@H](C(=O)N2CCC(NC(=O)c3cccn(C)c3=O)CC2)c2ccccc21)C(=O)OC(C)(C)C. The maximum Gasteiger partial charge on any atom is 0.328 e. The molecule has 0 saturated carbocycles. The summed E-state index contributed by atoms with van der Waals surface area (Å²) in [6, 6.07) is 19.3. The van der Waals surface area contributed by atoms with Crippen LogP contribution in [-0.4, -0.2) is 63.9 Å². The quantitative estimate of drug-likeness (QED) is 0.379. The van der Waals surface area contributed by atoms with Crippen LogP contribution in [0.3, 0.4) is 0 Å². The van der Waals surface area contributed by atoms with Crippen molar-refractivity contribution in [2.24, 2.45) is 7.05 Å². The Kier molecular flexibility index (Phi) is 9.70. The molecule has 2 heterocycles. The van der Waals surface area contributed by atoms with Crippen LogP contribution in [0, 0.1) is 0 Å². The minimum absolute atomic E-state index is 0.0108. The number of fused-ring (bicyclic) bond motifs is 1. The van der Waals surface area contributed by atoms with E-state index in [9.17, 15) is 24.0 Å². The van der Waals surface area contributed by atoms with E-state index in [0.717, 1.165) is 16.7 Å². The number of nitrogens with zero attached hydrogens (tertiary/aromatic N) is 2. The number of esters is 1. The molecule has 47 heavy (non-hydrogen) atoms. The summed E-state index contributed by atoms with van der Waals surface area (Å²) in [5.74, 6) is -1.70. The number of piperidine rings is 1. The first-order chi connectivity index (χ1) is 22.3. The van der Waals surface area contributed by atoms with Crippen LogP contribution in [0.5, 0.6) is 0 Å². The third-order valence-corrected chi connectivity index (χ3v) is 9.17. The average molecular weight is 641 g/mol. The molecule has 2 N–H and O–H groups in total. The molecule has 3 amide bonds. The number of nitrogens with one attached hydrogen (secondary N) is 2. The Balaban J connectivity index is 1.35. The van der Waals surface area contributed by atoms with Crippen LogP contribution in [0.1, 0.15) is 86.3 Å². The number of ether oxygens (including phenoxy) is 1. The first-order valence-corrected chi connectivity index (χ1v) is 16.3. The third kappa shape index (κ3) is 7.01. The van der Waals surface area contributed by atoms with Gasteiger partial charge in [0.05, 0.1) is 11.3 Å². The van der Waals surface area contributed by atoms with Crippen LogP contribution in [0.4, 0.5) is 0 Å². The number of carbonyl (C=O) groups is 4. The maximum absolute atomic E-state index is 14.3. The molecule has 0 bridgehead atoms. The number of benzene rings is 2. The lowest BCUT2D eigenvalue weighted by Gasteiger charge is -2.43. The highest BCUT2D eigenvalue weighted by molar-refractivity contribution is 5.97. The number of pyridine rings is 1. The van der Waals surface area contributed by atoms with Crippen LogP contribution in [0.25, 0.3) is 0 Å². The number of amides is 3. The summed E-state index contributed by atoms with van der Waals surface area (Å²) >= 11 is 0. The second kappa shape index (κ2) is 13.6. The molecule has 3 atom stereocenters. The van der Waals surface area contributed by atoms with Gasteiger partial charge in [-0.2, -0.15) is 0 Å². The van der Waals surface area contributed by atoms with Gasteiger partial charge >= 0.3 is 5.97 Å². The van der Waals surface area contributed by atoms with E-state index in [4.69, 9.17) is 4.74 Å². The molecule has 3 aromatic rings. The largest absolute Gasteiger partial charge is 0.458 e. The summed E-state index contributed by atoms with van der Waals surface area (Å²) in [6.07, 6.45) is 3.55. The predicted molar refractivity (Wildman–Crippen MR) is 178 cm³/mol. The maximum atomic E-state index is 14.3. The predicted octanol–water partition coefficient (Wildman–Crippen LogP) is 3.82. The van der Waals surface area contributed by atoms with Crippen molar-refractivity contribution >= 4 is 23.7 Å². The fourth-order valence-corrected chi connectivity index (χ4v) is 6.75. The number of aryl methyl sites for hydroxylation is 1. The second-order valence-electron chi connectivity index (χ2n) is 13.6. The second-order valence-corrected chi connectivity index (χ2v) is 13.6. The molecule has 0 unspecified atom stereocenters. The smallest absolute Gasteiger partial charge is 0.328 e. The lowest BCUT2D eigenvalue weighted by atomic mass is 9.62. The summed E-state index contributed by atoms with van der Waals surface area (Å²) < 4.78 is 6.90. The lowest BCUT2D eigenvalue weighted by molar-refractivity contribution is -0.158. The first kappa shape index (κ1) is 33.6. The van der Waals surface area contributed by atoms with Gasteiger partial charge in [0.15, 0.2) is 0 Å². The van der Waals surface area contributed by atoms with Crippen LogP contribution in [0.2, 0.25) is 0 Å². The van der Waals surface area contributed by atoms with Crippen molar-refractivity contribution in [3.63, 3.8) is 0 Å². The Labute approximate surface area is 275 Å². The zero-order chi connectivity index (χ0) is 33.9. The zero-order valence-electron chi connectivity index (χ0n) is 27.7. The molecule has 1 aliphatic heterocycles. The molecule has 5 rings (SSSR count). The molecule has 1 aromatic heterocycles. The van der Waals surface area contributed by atoms with Crippen molar-refractivity contribution in [2.45, 2.75) is 82.4 Å². The van der Waals surface area contributed by atoms with E-state index >= 15 is 0 Å². The molecule has 2 aromatic carbocycles. The van der Waals surface area contributed by atoms with Crippen LogP contribution >= 0.6 is 0 Å². The number of likely N-dealkylation sites (tertiary alicyclic amines) is 1. The Hall–Kier alpha value is -4.73. The Morgan fingerprint density at radius 2 is 1.57 bits per heavy atom. The molecular weight excluding hydrogens is 596 g/mol. The number of hydrogen-bond donors (Lipinski definition) is 2. The molecular formula is C37H44N4O6. The zero-order valence-corrected chi connectivity index (χ0v) is 27.7. The number of rotatable bonds is 7. The van der Waals surface area contributed by atoms with Gasteiger partial charge in [0, 0.05) is 32.4 Å². The van der Waals surface area contributed by atoms with Gasteiger partial charge in [-0.3, -0.25) is 19.2 Å². The summed E-state index contributed by atoms with van der Waals surface area (Å²) in [7, 11) is 1.60. The van der Waals surface area contributed by atoms with Crippen molar-refractivity contribution in [3.8, 4) is 0 Å². The van der Waals surface area contributed by atoms with Crippen molar-refractivity contribution in [1.29, 1.82) is 0 Å². The van der Waals surface area contributed by atoms with Gasteiger partial charge in [0.1, 0.15) is 17.2 Å². The molecule has 2 aliphatic rings. The van der Waals surface area contributed by atoms with E-state index in [1.165, 1.54) is 10.6 Å². The average Bonchev–Trinajstić information content (AvgIpc) is 3.05. The van der Waals surface area contributed by atoms with E-state index in [0.29, 0.717) is 38.8 Å². The summed E-state index contributed by atoms with van der Waals surface area (Å²) in [6.45, 7) is 7.90. The van der Waals surface area contributed by atoms with Gasteiger partial charge in [-0.1, -0.05) is 54.6 Å². The molecule has 0 radical (unpaired) electrons. The van der Waals surface area contributed by atoms with Crippen molar-refractivity contribution in [1.82, 2.24) is 20.1 Å². The van der Waals surface area contributed by atoms with E-state index in [-0.39, 0.29) is 29.0 Å². The minimum Gasteiger partial charge on any atom is -0.458 e. The van der Waals surface area contributed by atoms with E-state index in [2.05, 4.69) is 10.6 Å². The van der Waals surface area contributed by atoms with Gasteiger partial charge < -0.3 is 24.8 Å². The summed E-state index contributed by atoms with van der Waals surface area (Å²) in [5, 5.41) is 5.90. The Morgan fingerprint density at radius 1 is 0.915 bits per heavy atom. The Bertz CT molecular complexity index is 1700. The highest BCUT2D eigenvalue weighted by Crippen LogP contribution is 2.48. The van der Waals surface area contributed by atoms with Gasteiger partial charge in [0.2, 0.25) is 11.8 Å². The Morgan fingerprint density at radius 3 is 2.26 bits per heavy atom. The third-order valence-electron chi connectivity index (χ3n) is 9.17. The molecule has 10 nitrogen and oxygen atoms in total. The standard InChI is InChI=1S/C37H44N4O6/c1-24(34(45)47-36(2,3)4)38-35(46)37(25-12-7-6-8-13-25)20-17-28(27-14-9-10-16-30(27)37)33(44)41-22-18-26(19-23-41)39-31(42)29-15-11-21-40(5)32(29)43/h6-16,21,24,26,28H,17-20,22-23H2,1-5H3,(H,38,46)(H,39,42)/t24-,28-,37+/m0/s1. The fourth-order valence-electron chi connectivity index (χ4n) is 6.75. The molecule has 248 valence electrons. The monoisotopic (exact) mass is 640 g/mol. The van der Waals surface area contributed by atoms with Crippen LogP contribution in [-0.2, 0) is 31.6 Å². The van der Waals surface area contributed by atoms with E-state index in [1.54, 1.807) is 47.0 Å². The van der Waals surface area contributed by atoms with Crippen LogP contribution < -0.4 is 16.2 Å². The summed E-state index contributed by atoms with van der Waals surface area (Å²) in [4.78, 5) is 68.3. The number of carbonyl (C=O) groups excluding carboxylic acids is 4. The lowest BCUT2D eigenvalue weighted by Crippen LogP contribution is -2.54. The molecule has 10 heteroatoms. The first-order valence-electron chi connectivity index (χ1n) is 16.3. The molecule has 0 spiro atoms. The van der Waals surface area contributed by atoms with Crippen molar-refractivity contribution < 1.29 is 23.9 Å². The van der Waals surface area contributed by atoms with Gasteiger partial charge in [-0.25, -0.2) is 4.79 Å². The van der Waals surface area contributed by atoms with Crippen molar-refractivity contribution in [3.05, 3.63) is 106 Å². The topological polar surface area (TPSA) is 127 Å². The molecule has 1 fully saturated rings. The number of hydrogen-bond acceptors (Lipinski definition) is 6. The van der Waals surface area contributed by atoms with Crippen LogP contribution in [0.15, 0.2) is 77.7 Å². The van der Waals surface area contributed by atoms with E-state index in [1.807, 2.05) is 59.5 Å². The molecule has 1 saturated heterocycles. The minimum atomic E-state index is -1.11. The highest BCUT2D eigenvalue weighted by Gasteiger charge is 2.49. The van der Waals surface area contributed by atoms with Gasteiger partial charge in [-0.05, 0) is 82.2 Å². The number of aromatic nitrogens is 1. The fraction of sp³-hybridized carbons (Fsp3) is 0.432. The van der Waals surface area contributed by atoms with Gasteiger partial charge in [0.25, 0.3) is 11.5 Å². The molecule has 1 aliphatic carbocycles.